The summed E-state index contributed by atoms with van der Waals surface area (Å²) < 4.78 is 10.6. The molecular formula is C21H23NO4. The van der Waals surface area contributed by atoms with E-state index >= 15 is 0 Å². The fraction of sp³-hybridized carbons (Fsp3) is 0.333. The Bertz CT molecular complexity index is 841. The number of hydrogen-bond acceptors (Lipinski definition) is 4. The molecule has 136 valence electrons. The van der Waals surface area contributed by atoms with Gasteiger partial charge >= 0.3 is 0 Å². The van der Waals surface area contributed by atoms with Crippen LogP contribution in [-0.2, 0) is 9.59 Å². The molecule has 1 saturated heterocycles. The first-order valence-corrected chi connectivity index (χ1v) is 8.59. The molecule has 2 aromatic carbocycles. The Morgan fingerprint density at radius 2 is 1.54 bits per heavy atom. The average molecular weight is 353 g/mol. The molecule has 3 rings (SSSR count). The molecule has 1 fully saturated rings. The van der Waals surface area contributed by atoms with E-state index in [2.05, 4.69) is 0 Å². The van der Waals surface area contributed by atoms with Gasteiger partial charge in [-0.3, -0.25) is 14.5 Å². The maximum Gasteiger partial charge on any atom is 0.234 e. The van der Waals surface area contributed by atoms with Crippen molar-refractivity contribution in [2.75, 3.05) is 19.1 Å². The van der Waals surface area contributed by atoms with E-state index in [-0.39, 0.29) is 30.6 Å². The number of hydrogen-bond donors (Lipinski definition) is 0. The van der Waals surface area contributed by atoms with Crippen LogP contribution in [0.4, 0.5) is 5.69 Å². The van der Waals surface area contributed by atoms with Crippen molar-refractivity contribution in [1.82, 2.24) is 0 Å². The highest BCUT2D eigenvalue weighted by Gasteiger charge is 2.35. The van der Waals surface area contributed by atoms with Crippen molar-refractivity contribution in [1.29, 1.82) is 0 Å². The summed E-state index contributed by atoms with van der Waals surface area (Å²) in [6, 6.07) is 11.3. The SMILES string of the molecule is COc1ccc(C2CC(=O)N(c3ccc(C)cc3C)C(=O)C2)cc1OC. The minimum absolute atomic E-state index is 0.156. The van der Waals surface area contributed by atoms with Gasteiger partial charge in [-0.25, -0.2) is 0 Å². The number of carbonyl (C=O) groups is 2. The topological polar surface area (TPSA) is 55.8 Å². The number of amides is 2. The standard InChI is InChI=1S/C21H23NO4/c1-13-5-7-17(14(2)9-13)22-20(23)11-16(12-21(22)24)15-6-8-18(25-3)19(10-15)26-4/h5-10,16H,11-12H2,1-4H3. The number of piperidine rings is 1. The van der Waals surface area contributed by atoms with E-state index in [0.29, 0.717) is 17.2 Å². The van der Waals surface area contributed by atoms with E-state index in [4.69, 9.17) is 9.47 Å². The number of benzene rings is 2. The van der Waals surface area contributed by atoms with Gasteiger partial charge < -0.3 is 9.47 Å². The summed E-state index contributed by atoms with van der Waals surface area (Å²) >= 11 is 0. The molecule has 0 radical (unpaired) electrons. The summed E-state index contributed by atoms with van der Waals surface area (Å²) in [5.74, 6) is 0.723. The first-order valence-electron chi connectivity index (χ1n) is 8.59. The van der Waals surface area contributed by atoms with E-state index in [1.807, 2.05) is 44.2 Å². The molecule has 0 aliphatic carbocycles. The fourth-order valence-electron chi connectivity index (χ4n) is 3.48. The predicted octanol–water partition coefficient (Wildman–Crippen LogP) is 3.76. The van der Waals surface area contributed by atoms with Crippen LogP contribution in [-0.4, -0.2) is 26.0 Å². The maximum atomic E-state index is 12.8. The Hall–Kier alpha value is -2.82. The summed E-state index contributed by atoms with van der Waals surface area (Å²) in [7, 11) is 3.15. The molecule has 2 aromatic rings. The molecule has 0 unspecified atom stereocenters. The highest BCUT2D eigenvalue weighted by molar-refractivity contribution is 6.17. The summed E-state index contributed by atoms with van der Waals surface area (Å²) in [6.45, 7) is 3.91. The molecule has 0 N–H and O–H groups in total. The maximum absolute atomic E-state index is 12.8. The molecule has 1 aliphatic rings. The molecular weight excluding hydrogens is 330 g/mol. The Morgan fingerprint density at radius 1 is 0.885 bits per heavy atom. The first kappa shape index (κ1) is 18.0. The van der Waals surface area contributed by atoms with Gasteiger partial charge in [-0.2, -0.15) is 0 Å². The van der Waals surface area contributed by atoms with Crippen LogP contribution >= 0.6 is 0 Å². The third-order valence-corrected chi connectivity index (χ3v) is 4.81. The Morgan fingerprint density at radius 3 is 2.12 bits per heavy atom. The number of anilines is 1. The normalized spacial score (nSPS) is 15.3. The lowest BCUT2D eigenvalue weighted by atomic mass is 9.88. The van der Waals surface area contributed by atoms with E-state index < -0.39 is 0 Å². The third kappa shape index (κ3) is 3.29. The lowest BCUT2D eigenvalue weighted by Gasteiger charge is -2.31. The zero-order valence-corrected chi connectivity index (χ0v) is 15.5. The monoisotopic (exact) mass is 353 g/mol. The van der Waals surface area contributed by atoms with Crippen molar-refractivity contribution in [3.05, 3.63) is 53.1 Å². The highest BCUT2D eigenvalue weighted by atomic mass is 16.5. The quantitative estimate of drug-likeness (QED) is 0.786. The van der Waals surface area contributed by atoms with Gasteiger partial charge in [-0.1, -0.05) is 23.8 Å². The molecule has 0 bridgehead atoms. The number of carbonyl (C=O) groups excluding carboxylic acids is 2. The lowest BCUT2D eigenvalue weighted by Crippen LogP contribution is -2.43. The summed E-state index contributed by atoms with van der Waals surface area (Å²) in [6.07, 6.45) is 0.572. The van der Waals surface area contributed by atoms with Crippen LogP contribution in [0.1, 0.15) is 35.4 Å². The van der Waals surface area contributed by atoms with E-state index in [9.17, 15) is 9.59 Å². The second-order valence-electron chi connectivity index (χ2n) is 6.63. The van der Waals surface area contributed by atoms with Gasteiger partial charge in [0.25, 0.3) is 0 Å². The van der Waals surface area contributed by atoms with Crippen molar-refractivity contribution >= 4 is 17.5 Å². The minimum atomic E-state index is -0.173. The van der Waals surface area contributed by atoms with Crippen LogP contribution in [0, 0.1) is 13.8 Å². The molecule has 1 heterocycles. The van der Waals surface area contributed by atoms with Crippen LogP contribution in [0.25, 0.3) is 0 Å². The molecule has 0 aromatic heterocycles. The van der Waals surface area contributed by atoms with Gasteiger partial charge in [0.05, 0.1) is 19.9 Å². The van der Waals surface area contributed by atoms with Crippen LogP contribution in [0.5, 0.6) is 11.5 Å². The van der Waals surface area contributed by atoms with E-state index in [0.717, 1.165) is 16.7 Å². The van der Waals surface area contributed by atoms with Crippen LogP contribution in [0.2, 0.25) is 0 Å². The number of rotatable bonds is 4. The van der Waals surface area contributed by atoms with Crippen molar-refractivity contribution < 1.29 is 19.1 Å². The Balaban J connectivity index is 1.87. The Kier molecular flexibility index (Phi) is 4.98. The van der Waals surface area contributed by atoms with Gasteiger partial charge in [0.2, 0.25) is 11.8 Å². The number of imide groups is 1. The fourth-order valence-corrected chi connectivity index (χ4v) is 3.48. The lowest BCUT2D eigenvalue weighted by molar-refractivity contribution is -0.129. The van der Waals surface area contributed by atoms with Gasteiger partial charge in [-0.15, -0.1) is 0 Å². The molecule has 5 heteroatoms. The predicted molar refractivity (Wildman–Crippen MR) is 99.9 cm³/mol. The molecule has 5 nitrogen and oxygen atoms in total. The van der Waals surface area contributed by atoms with Crippen molar-refractivity contribution in [3.63, 3.8) is 0 Å². The van der Waals surface area contributed by atoms with Gasteiger partial charge in [0.15, 0.2) is 11.5 Å². The zero-order chi connectivity index (χ0) is 18.8. The summed E-state index contributed by atoms with van der Waals surface area (Å²) in [5, 5.41) is 0. The average Bonchev–Trinajstić information content (AvgIpc) is 2.62. The molecule has 0 spiro atoms. The van der Waals surface area contributed by atoms with Crippen LogP contribution in [0.15, 0.2) is 36.4 Å². The number of aryl methyl sites for hydroxylation is 2. The smallest absolute Gasteiger partial charge is 0.234 e. The van der Waals surface area contributed by atoms with Gasteiger partial charge in [-0.05, 0) is 43.2 Å². The number of methoxy groups -OCH3 is 2. The minimum Gasteiger partial charge on any atom is -0.493 e. The Labute approximate surface area is 153 Å². The van der Waals surface area contributed by atoms with E-state index in [1.165, 1.54) is 4.90 Å². The zero-order valence-electron chi connectivity index (χ0n) is 15.5. The van der Waals surface area contributed by atoms with E-state index in [1.54, 1.807) is 20.3 Å². The second-order valence-corrected chi connectivity index (χ2v) is 6.63. The van der Waals surface area contributed by atoms with Crippen LogP contribution in [0.3, 0.4) is 0 Å². The largest absolute Gasteiger partial charge is 0.493 e. The molecule has 2 amide bonds. The first-order chi connectivity index (χ1) is 12.4. The van der Waals surface area contributed by atoms with Crippen molar-refractivity contribution in [2.24, 2.45) is 0 Å². The number of ether oxygens (including phenoxy) is 2. The van der Waals surface area contributed by atoms with Crippen LogP contribution < -0.4 is 14.4 Å². The van der Waals surface area contributed by atoms with Crippen molar-refractivity contribution in [2.45, 2.75) is 32.6 Å². The molecule has 0 saturated carbocycles. The molecule has 0 atom stereocenters. The second kappa shape index (κ2) is 7.20. The highest BCUT2D eigenvalue weighted by Crippen LogP contribution is 2.37. The molecule has 1 aliphatic heterocycles. The third-order valence-electron chi connectivity index (χ3n) is 4.81. The summed E-state index contributed by atoms with van der Waals surface area (Å²) in [4.78, 5) is 26.8. The van der Waals surface area contributed by atoms with Gasteiger partial charge in [0, 0.05) is 18.8 Å². The van der Waals surface area contributed by atoms with Gasteiger partial charge in [0.1, 0.15) is 0 Å². The summed E-state index contributed by atoms with van der Waals surface area (Å²) in [5.41, 5.74) is 3.61. The number of nitrogens with zero attached hydrogens (tertiary/aromatic N) is 1. The van der Waals surface area contributed by atoms with Crippen molar-refractivity contribution in [3.8, 4) is 11.5 Å². The molecule has 26 heavy (non-hydrogen) atoms.